The molecule has 0 aliphatic carbocycles. The van der Waals surface area contributed by atoms with Gasteiger partial charge in [0.15, 0.2) is 5.65 Å². The molecule has 0 N–H and O–H groups in total. The van der Waals surface area contributed by atoms with Gasteiger partial charge in [0.2, 0.25) is 0 Å². The van der Waals surface area contributed by atoms with Crippen LogP contribution in [0.2, 0.25) is 0 Å². The molecule has 118 valence electrons. The van der Waals surface area contributed by atoms with Crippen molar-refractivity contribution >= 4 is 17.0 Å². The maximum absolute atomic E-state index is 12.2. The fourth-order valence-corrected chi connectivity index (χ4v) is 2.72. The van der Waals surface area contributed by atoms with Crippen molar-refractivity contribution < 1.29 is 9.53 Å². The lowest BCUT2D eigenvalue weighted by Crippen LogP contribution is -2.05. The molecule has 3 rings (SSSR count). The van der Waals surface area contributed by atoms with Gasteiger partial charge < -0.3 is 4.74 Å². The number of benzene rings is 1. The Bertz CT molecular complexity index is 879. The molecule has 0 spiro atoms. The van der Waals surface area contributed by atoms with Crippen molar-refractivity contribution in [2.45, 2.75) is 27.3 Å². The number of ether oxygens (including phenoxy) is 1. The normalized spacial score (nSPS) is 11.0. The van der Waals surface area contributed by atoms with Gasteiger partial charge in [-0.25, -0.2) is 14.5 Å². The number of rotatable bonds is 3. The van der Waals surface area contributed by atoms with Crippen LogP contribution < -0.4 is 0 Å². The zero-order chi connectivity index (χ0) is 16.6. The van der Waals surface area contributed by atoms with Crippen molar-refractivity contribution in [3.63, 3.8) is 0 Å². The molecule has 0 radical (unpaired) electrons. The zero-order valence-electron chi connectivity index (χ0n) is 13.8. The van der Waals surface area contributed by atoms with Gasteiger partial charge in [0.25, 0.3) is 0 Å². The van der Waals surface area contributed by atoms with E-state index in [1.54, 1.807) is 6.07 Å². The highest BCUT2D eigenvalue weighted by Gasteiger charge is 2.20. The summed E-state index contributed by atoms with van der Waals surface area (Å²) >= 11 is 0. The Morgan fingerprint density at radius 2 is 1.91 bits per heavy atom. The van der Waals surface area contributed by atoms with Crippen molar-refractivity contribution in [3.8, 4) is 11.3 Å². The third-order valence-corrected chi connectivity index (χ3v) is 3.93. The number of hydrogen-bond acceptors (Lipinski definition) is 4. The summed E-state index contributed by atoms with van der Waals surface area (Å²) in [6.07, 6.45) is 0. The van der Waals surface area contributed by atoms with Crippen molar-refractivity contribution in [2.24, 2.45) is 0 Å². The highest BCUT2D eigenvalue weighted by atomic mass is 16.5. The first kappa shape index (κ1) is 15.2. The number of carbonyl (C=O) groups is 1. The minimum atomic E-state index is -0.371. The van der Waals surface area contributed by atoms with E-state index in [4.69, 9.17) is 9.72 Å². The van der Waals surface area contributed by atoms with Crippen LogP contribution in [0.25, 0.3) is 22.3 Å². The predicted molar refractivity (Wildman–Crippen MR) is 89.5 cm³/mol. The second-order valence-corrected chi connectivity index (χ2v) is 5.51. The summed E-state index contributed by atoms with van der Waals surface area (Å²) in [5.41, 5.74) is 4.88. The van der Waals surface area contributed by atoms with Crippen LogP contribution in [-0.2, 0) is 11.3 Å². The van der Waals surface area contributed by atoms with Crippen LogP contribution in [0.3, 0.4) is 0 Å². The van der Waals surface area contributed by atoms with E-state index in [1.165, 1.54) is 12.7 Å². The maximum atomic E-state index is 12.2. The molecule has 0 amide bonds. The second-order valence-electron chi connectivity index (χ2n) is 5.51. The molecule has 3 aromatic rings. The van der Waals surface area contributed by atoms with Gasteiger partial charge in [0.1, 0.15) is 0 Å². The number of esters is 1. The molecule has 0 saturated carbocycles. The number of aryl methyl sites for hydroxylation is 3. The quantitative estimate of drug-likeness (QED) is 0.695. The molecule has 5 nitrogen and oxygen atoms in total. The lowest BCUT2D eigenvalue weighted by molar-refractivity contribution is 0.0603. The Kier molecular flexibility index (Phi) is 3.86. The molecule has 23 heavy (non-hydrogen) atoms. The van der Waals surface area contributed by atoms with Gasteiger partial charge in [-0.15, -0.1) is 0 Å². The van der Waals surface area contributed by atoms with E-state index in [2.05, 4.69) is 5.10 Å². The number of nitrogens with zero attached hydrogens (tertiary/aromatic N) is 3. The molecule has 0 fully saturated rings. The first-order chi connectivity index (χ1) is 11.0. The summed E-state index contributed by atoms with van der Waals surface area (Å²) in [6, 6.07) is 9.85. The lowest BCUT2D eigenvalue weighted by atomic mass is 10.0. The highest BCUT2D eigenvalue weighted by Crippen LogP contribution is 2.27. The summed E-state index contributed by atoms with van der Waals surface area (Å²) in [5.74, 6) is -0.371. The Balaban J connectivity index is 2.32. The Morgan fingerprint density at radius 3 is 2.52 bits per heavy atom. The molecule has 0 saturated heterocycles. The van der Waals surface area contributed by atoms with Gasteiger partial charge in [-0.05, 0) is 26.8 Å². The van der Waals surface area contributed by atoms with E-state index < -0.39 is 0 Å². The molecule has 2 aromatic heterocycles. The molecule has 0 unspecified atom stereocenters. The van der Waals surface area contributed by atoms with Gasteiger partial charge in [0, 0.05) is 12.1 Å². The zero-order valence-corrected chi connectivity index (χ0v) is 13.8. The predicted octanol–water partition coefficient (Wildman–Crippen LogP) is 3.52. The Hall–Kier alpha value is -2.69. The van der Waals surface area contributed by atoms with Crippen molar-refractivity contribution in [2.75, 3.05) is 7.11 Å². The van der Waals surface area contributed by atoms with Crippen LogP contribution >= 0.6 is 0 Å². The van der Waals surface area contributed by atoms with E-state index in [1.807, 2.05) is 49.7 Å². The monoisotopic (exact) mass is 309 g/mol. The fraction of sp³-hybridized carbons (Fsp3) is 0.278. The summed E-state index contributed by atoms with van der Waals surface area (Å²) in [6.45, 7) is 6.61. The van der Waals surface area contributed by atoms with Crippen molar-refractivity contribution in [1.82, 2.24) is 14.8 Å². The number of hydrogen-bond donors (Lipinski definition) is 0. The first-order valence-corrected chi connectivity index (χ1v) is 7.58. The van der Waals surface area contributed by atoms with Crippen molar-refractivity contribution in [1.29, 1.82) is 0 Å². The number of aromatic nitrogens is 3. The van der Waals surface area contributed by atoms with Gasteiger partial charge >= 0.3 is 5.97 Å². The van der Waals surface area contributed by atoms with Gasteiger partial charge in [-0.2, -0.15) is 5.10 Å². The SMILES string of the molecule is CCn1nc(C)c2c(C(=O)OC)cc(-c3ccc(C)cc3)nc21. The molecule has 1 aromatic carbocycles. The van der Waals surface area contributed by atoms with Crippen LogP contribution in [0.1, 0.15) is 28.5 Å². The van der Waals surface area contributed by atoms with Gasteiger partial charge in [-0.3, -0.25) is 0 Å². The molecular formula is C18H19N3O2. The van der Waals surface area contributed by atoms with E-state index in [0.29, 0.717) is 17.8 Å². The minimum absolute atomic E-state index is 0.371. The molecule has 0 aliphatic heterocycles. The highest BCUT2D eigenvalue weighted by molar-refractivity contribution is 6.04. The second kappa shape index (κ2) is 5.83. The smallest absolute Gasteiger partial charge is 0.338 e. The third kappa shape index (κ3) is 2.59. The summed E-state index contributed by atoms with van der Waals surface area (Å²) in [4.78, 5) is 17.0. The molecule has 2 heterocycles. The molecule has 5 heteroatoms. The van der Waals surface area contributed by atoms with Crippen LogP contribution in [0, 0.1) is 13.8 Å². The Morgan fingerprint density at radius 1 is 1.22 bits per heavy atom. The molecule has 0 aliphatic rings. The van der Waals surface area contributed by atoms with Crippen LogP contribution in [0.4, 0.5) is 0 Å². The van der Waals surface area contributed by atoms with E-state index in [-0.39, 0.29) is 5.97 Å². The number of methoxy groups -OCH3 is 1. The van der Waals surface area contributed by atoms with Crippen LogP contribution in [0.5, 0.6) is 0 Å². The van der Waals surface area contributed by atoms with E-state index in [9.17, 15) is 4.79 Å². The fourth-order valence-electron chi connectivity index (χ4n) is 2.72. The summed E-state index contributed by atoms with van der Waals surface area (Å²) in [7, 11) is 1.39. The topological polar surface area (TPSA) is 57.0 Å². The van der Waals surface area contributed by atoms with Crippen LogP contribution in [-0.4, -0.2) is 27.8 Å². The summed E-state index contributed by atoms with van der Waals surface area (Å²) < 4.78 is 6.76. The lowest BCUT2D eigenvalue weighted by Gasteiger charge is -2.08. The molecule has 0 bridgehead atoms. The maximum Gasteiger partial charge on any atom is 0.338 e. The summed E-state index contributed by atoms with van der Waals surface area (Å²) in [5, 5.41) is 5.24. The average molecular weight is 309 g/mol. The van der Waals surface area contributed by atoms with Crippen molar-refractivity contribution in [3.05, 3.63) is 47.2 Å². The molecular weight excluding hydrogens is 290 g/mol. The third-order valence-electron chi connectivity index (χ3n) is 3.93. The average Bonchev–Trinajstić information content (AvgIpc) is 2.90. The number of pyridine rings is 1. The largest absolute Gasteiger partial charge is 0.465 e. The van der Waals surface area contributed by atoms with Gasteiger partial charge in [-0.1, -0.05) is 29.8 Å². The minimum Gasteiger partial charge on any atom is -0.465 e. The first-order valence-electron chi connectivity index (χ1n) is 7.58. The van der Waals surface area contributed by atoms with E-state index in [0.717, 1.165) is 22.3 Å². The Labute approximate surface area is 134 Å². The molecule has 0 atom stereocenters. The van der Waals surface area contributed by atoms with Crippen LogP contribution in [0.15, 0.2) is 30.3 Å². The number of fused-ring (bicyclic) bond motifs is 1. The standard InChI is InChI=1S/C18H19N3O2/c1-5-21-17-16(12(3)20-21)14(18(22)23-4)10-15(19-17)13-8-6-11(2)7-9-13/h6-10H,5H2,1-4H3. The number of carbonyl (C=O) groups excluding carboxylic acids is 1. The van der Waals surface area contributed by atoms with E-state index >= 15 is 0 Å². The van der Waals surface area contributed by atoms with Gasteiger partial charge in [0.05, 0.1) is 29.4 Å².